The molecule has 3 amide bonds. The highest BCUT2D eigenvalue weighted by Crippen LogP contribution is 2.17. The molecule has 8 heteroatoms. The first kappa shape index (κ1) is 17.3. The highest BCUT2D eigenvalue weighted by Gasteiger charge is 2.10. The van der Waals surface area contributed by atoms with Crippen LogP contribution < -0.4 is 21.6 Å². The highest BCUT2D eigenvalue weighted by atomic mass is 16.2. The molecule has 134 valence electrons. The van der Waals surface area contributed by atoms with Gasteiger partial charge in [0.05, 0.1) is 11.0 Å². The molecular formula is C18H19N5O3. The predicted octanol–water partition coefficient (Wildman–Crippen LogP) is 2.64. The third-order valence-electron chi connectivity index (χ3n) is 3.58. The number of nitrogens with one attached hydrogen (secondary N) is 5. The van der Waals surface area contributed by atoms with E-state index in [9.17, 15) is 14.4 Å². The van der Waals surface area contributed by atoms with Crippen LogP contribution in [0.3, 0.4) is 0 Å². The van der Waals surface area contributed by atoms with Gasteiger partial charge in [-0.1, -0.05) is 6.07 Å². The number of rotatable bonds is 4. The fourth-order valence-electron chi connectivity index (χ4n) is 2.48. The lowest BCUT2D eigenvalue weighted by Gasteiger charge is -2.11. The summed E-state index contributed by atoms with van der Waals surface area (Å²) in [5.41, 5.74) is 2.43. The molecule has 5 N–H and O–H groups in total. The van der Waals surface area contributed by atoms with Gasteiger partial charge in [0, 0.05) is 23.0 Å². The van der Waals surface area contributed by atoms with Gasteiger partial charge >= 0.3 is 11.7 Å². The number of hydrogen-bond acceptors (Lipinski definition) is 3. The summed E-state index contributed by atoms with van der Waals surface area (Å²) in [5.74, 6) is -0.324. The van der Waals surface area contributed by atoms with Gasteiger partial charge in [0.25, 0.3) is 5.91 Å². The van der Waals surface area contributed by atoms with Crippen LogP contribution in [-0.2, 0) is 0 Å². The molecule has 0 fully saturated rings. The summed E-state index contributed by atoms with van der Waals surface area (Å²) in [4.78, 5) is 40.8. The van der Waals surface area contributed by atoms with Gasteiger partial charge in [0.1, 0.15) is 0 Å². The third-order valence-corrected chi connectivity index (χ3v) is 3.58. The number of amides is 3. The summed E-state index contributed by atoms with van der Waals surface area (Å²) in [6.07, 6.45) is 0. The van der Waals surface area contributed by atoms with E-state index in [4.69, 9.17) is 0 Å². The molecule has 1 heterocycles. The summed E-state index contributed by atoms with van der Waals surface area (Å²) in [7, 11) is 0. The van der Waals surface area contributed by atoms with E-state index in [-0.39, 0.29) is 23.7 Å². The van der Waals surface area contributed by atoms with Crippen LogP contribution in [0.4, 0.5) is 16.2 Å². The van der Waals surface area contributed by atoms with Crippen molar-refractivity contribution < 1.29 is 9.59 Å². The average Bonchev–Trinajstić information content (AvgIpc) is 2.93. The molecule has 0 atom stereocenters. The molecule has 1 aromatic heterocycles. The number of benzene rings is 2. The maximum Gasteiger partial charge on any atom is 0.323 e. The van der Waals surface area contributed by atoms with Gasteiger partial charge in [-0.15, -0.1) is 0 Å². The van der Waals surface area contributed by atoms with E-state index >= 15 is 0 Å². The zero-order valence-corrected chi connectivity index (χ0v) is 14.3. The molecule has 0 aliphatic rings. The molecule has 0 saturated heterocycles. The Morgan fingerprint density at radius 2 is 1.65 bits per heavy atom. The van der Waals surface area contributed by atoms with Crippen molar-refractivity contribution in [3.05, 3.63) is 58.5 Å². The van der Waals surface area contributed by atoms with Crippen LogP contribution in [0.5, 0.6) is 0 Å². The van der Waals surface area contributed by atoms with Crippen LogP contribution in [0.25, 0.3) is 11.0 Å². The van der Waals surface area contributed by atoms with Gasteiger partial charge in [0.2, 0.25) is 0 Å². The lowest BCUT2D eigenvalue weighted by Crippen LogP contribution is -2.34. The normalized spacial score (nSPS) is 10.7. The van der Waals surface area contributed by atoms with Crippen molar-refractivity contribution in [1.82, 2.24) is 15.3 Å². The second kappa shape index (κ2) is 7.14. The Labute approximate surface area is 149 Å². The number of imidazole rings is 1. The molecule has 8 nitrogen and oxygen atoms in total. The number of hydrogen-bond donors (Lipinski definition) is 5. The standard InChI is InChI=1S/C18H19N5O3/c1-10(2)19-17(25)21-12-5-3-4-11(8-12)16(24)20-13-6-7-14-15(9-13)23-18(26)22-14/h3-10H,1-2H3,(H,20,24)(H2,19,21,25)(H2,22,23,26). The second-order valence-corrected chi connectivity index (χ2v) is 6.13. The number of carbonyl (C=O) groups is 2. The van der Waals surface area contributed by atoms with Crippen LogP contribution >= 0.6 is 0 Å². The van der Waals surface area contributed by atoms with Gasteiger partial charge in [-0.25, -0.2) is 9.59 Å². The minimum Gasteiger partial charge on any atom is -0.336 e. The molecule has 3 rings (SSSR count). The van der Waals surface area contributed by atoms with Crippen molar-refractivity contribution in [2.24, 2.45) is 0 Å². The first-order valence-electron chi connectivity index (χ1n) is 8.12. The Morgan fingerprint density at radius 1 is 0.923 bits per heavy atom. The van der Waals surface area contributed by atoms with E-state index < -0.39 is 0 Å². The Morgan fingerprint density at radius 3 is 2.42 bits per heavy atom. The van der Waals surface area contributed by atoms with Gasteiger partial charge < -0.3 is 25.9 Å². The number of urea groups is 1. The van der Waals surface area contributed by atoms with Gasteiger partial charge in [-0.05, 0) is 50.2 Å². The highest BCUT2D eigenvalue weighted by molar-refractivity contribution is 6.06. The van der Waals surface area contributed by atoms with Gasteiger partial charge in [-0.3, -0.25) is 4.79 Å². The van der Waals surface area contributed by atoms with Crippen molar-refractivity contribution in [3.8, 4) is 0 Å². The van der Waals surface area contributed by atoms with Crippen molar-refractivity contribution in [3.63, 3.8) is 0 Å². The summed E-state index contributed by atoms with van der Waals surface area (Å²) in [5, 5.41) is 8.17. The quantitative estimate of drug-likeness (QED) is 0.496. The maximum atomic E-state index is 12.5. The lowest BCUT2D eigenvalue weighted by atomic mass is 10.1. The molecule has 0 saturated carbocycles. The molecule has 0 aliphatic carbocycles. The largest absolute Gasteiger partial charge is 0.336 e. The predicted molar refractivity (Wildman–Crippen MR) is 101 cm³/mol. The fraction of sp³-hybridized carbons (Fsp3) is 0.167. The Balaban J connectivity index is 1.73. The molecule has 0 spiro atoms. The van der Waals surface area contributed by atoms with Crippen LogP contribution in [0.1, 0.15) is 24.2 Å². The summed E-state index contributed by atoms with van der Waals surface area (Å²) < 4.78 is 0. The fourth-order valence-corrected chi connectivity index (χ4v) is 2.48. The van der Waals surface area contributed by atoms with Crippen LogP contribution in [0.2, 0.25) is 0 Å². The van der Waals surface area contributed by atoms with E-state index in [1.54, 1.807) is 42.5 Å². The summed E-state index contributed by atoms with van der Waals surface area (Å²) in [6, 6.07) is 11.4. The molecule has 2 aromatic carbocycles. The molecule has 0 radical (unpaired) electrons. The first-order chi connectivity index (χ1) is 12.4. The Hall–Kier alpha value is -3.55. The summed E-state index contributed by atoms with van der Waals surface area (Å²) in [6.45, 7) is 3.72. The minimum atomic E-state index is -0.334. The van der Waals surface area contributed by atoms with Crippen molar-refractivity contribution in [2.75, 3.05) is 10.6 Å². The molecule has 3 aromatic rings. The van der Waals surface area contributed by atoms with Crippen molar-refractivity contribution in [1.29, 1.82) is 0 Å². The lowest BCUT2D eigenvalue weighted by molar-refractivity contribution is 0.102. The number of aromatic nitrogens is 2. The van der Waals surface area contributed by atoms with Crippen LogP contribution in [-0.4, -0.2) is 27.9 Å². The number of fused-ring (bicyclic) bond motifs is 1. The molecular weight excluding hydrogens is 334 g/mol. The number of carbonyl (C=O) groups excluding carboxylic acids is 2. The molecule has 0 aliphatic heterocycles. The van der Waals surface area contributed by atoms with E-state index in [0.29, 0.717) is 28.0 Å². The SMILES string of the molecule is CC(C)NC(=O)Nc1cccc(C(=O)Nc2ccc3[nH]c(=O)[nH]c3c2)c1. The first-order valence-corrected chi connectivity index (χ1v) is 8.12. The van der Waals surface area contributed by atoms with Gasteiger partial charge in [0.15, 0.2) is 0 Å². The monoisotopic (exact) mass is 353 g/mol. The maximum absolute atomic E-state index is 12.5. The zero-order chi connectivity index (χ0) is 18.7. The number of aromatic amines is 2. The number of anilines is 2. The molecule has 26 heavy (non-hydrogen) atoms. The molecule has 0 bridgehead atoms. The van der Waals surface area contributed by atoms with Crippen molar-refractivity contribution >= 4 is 34.3 Å². The Bertz CT molecular complexity index is 1020. The Kier molecular flexibility index (Phi) is 4.74. The average molecular weight is 353 g/mol. The summed E-state index contributed by atoms with van der Waals surface area (Å²) >= 11 is 0. The topological polar surface area (TPSA) is 119 Å². The smallest absolute Gasteiger partial charge is 0.323 e. The zero-order valence-electron chi connectivity index (χ0n) is 14.3. The van der Waals surface area contributed by atoms with Gasteiger partial charge in [-0.2, -0.15) is 0 Å². The van der Waals surface area contributed by atoms with E-state index in [0.717, 1.165) is 0 Å². The third kappa shape index (κ3) is 4.10. The minimum absolute atomic E-state index is 0.0104. The second-order valence-electron chi connectivity index (χ2n) is 6.13. The number of H-pyrrole nitrogens is 2. The van der Waals surface area contributed by atoms with E-state index in [1.165, 1.54) is 0 Å². The van der Waals surface area contributed by atoms with Crippen molar-refractivity contribution in [2.45, 2.75) is 19.9 Å². The molecule has 0 unspecified atom stereocenters. The van der Waals surface area contributed by atoms with Crippen LogP contribution in [0, 0.1) is 0 Å². The van der Waals surface area contributed by atoms with E-state index in [1.807, 2.05) is 13.8 Å². The van der Waals surface area contributed by atoms with E-state index in [2.05, 4.69) is 25.9 Å². The van der Waals surface area contributed by atoms with Crippen LogP contribution in [0.15, 0.2) is 47.3 Å².